The highest BCUT2D eigenvalue weighted by Gasteiger charge is 2.39. The van der Waals surface area contributed by atoms with Crippen LogP contribution in [-0.2, 0) is 11.3 Å². The standard InChI is InChI=1S/C21H27N7O/c1-2-28-19(18-14-17(23-24-18)16-6-10-22-11-7-16)25-26-20(28)27-12-13-29-21(15-27)8-4-3-5-9-21/h6-7,10-11,14H,2-5,8-9,12-13,15H2,1H3,(H,23,24). The van der Waals surface area contributed by atoms with Crippen molar-refractivity contribution in [3.05, 3.63) is 30.6 Å². The Hall–Kier alpha value is -2.74. The number of H-pyrrole nitrogens is 1. The molecular weight excluding hydrogens is 366 g/mol. The van der Waals surface area contributed by atoms with Gasteiger partial charge in [-0.1, -0.05) is 19.3 Å². The van der Waals surface area contributed by atoms with E-state index < -0.39 is 0 Å². The average molecular weight is 393 g/mol. The van der Waals surface area contributed by atoms with E-state index >= 15 is 0 Å². The Labute approximate surface area is 170 Å². The molecule has 3 aromatic rings. The van der Waals surface area contributed by atoms with Gasteiger partial charge in [0.25, 0.3) is 0 Å². The van der Waals surface area contributed by atoms with Crippen LogP contribution in [0.25, 0.3) is 22.8 Å². The quantitative estimate of drug-likeness (QED) is 0.732. The van der Waals surface area contributed by atoms with Gasteiger partial charge in [-0.25, -0.2) is 0 Å². The number of ether oxygens (including phenoxy) is 1. The molecule has 152 valence electrons. The minimum absolute atomic E-state index is 0.0102. The Bertz CT molecular complexity index is 953. The third-order valence-electron chi connectivity index (χ3n) is 6.14. The lowest BCUT2D eigenvalue weighted by Crippen LogP contribution is -2.53. The third-order valence-corrected chi connectivity index (χ3v) is 6.14. The largest absolute Gasteiger partial charge is 0.371 e. The maximum atomic E-state index is 6.26. The molecule has 8 heteroatoms. The van der Waals surface area contributed by atoms with Crippen LogP contribution in [0.5, 0.6) is 0 Å². The topological polar surface area (TPSA) is 84.8 Å². The third kappa shape index (κ3) is 3.42. The molecule has 29 heavy (non-hydrogen) atoms. The van der Waals surface area contributed by atoms with E-state index in [1.165, 1.54) is 19.3 Å². The van der Waals surface area contributed by atoms with Gasteiger partial charge in [-0.3, -0.25) is 14.6 Å². The van der Waals surface area contributed by atoms with Gasteiger partial charge in [-0.15, -0.1) is 10.2 Å². The molecule has 5 rings (SSSR count). The summed E-state index contributed by atoms with van der Waals surface area (Å²) in [5, 5.41) is 16.7. The molecule has 1 N–H and O–H groups in total. The van der Waals surface area contributed by atoms with Crippen LogP contribution in [0.3, 0.4) is 0 Å². The van der Waals surface area contributed by atoms with Gasteiger partial charge >= 0.3 is 0 Å². The fourth-order valence-electron chi connectivity index (χ4n) is 4.64. The Morgan fingerprint density at radius 2 is 1.97 bits per heavy atom. The molecule has 4 heterocycles. The molecule has 0 aromatic carbocycles. The zero-order valence-electron chi connectivity index (χ0n) is 16.8. The smallest absolute Gasteiger partial charge is 0.227 e. The molecule has 8 nitrogen and oxygen atoms in total. The number of pyridine rings is 1. The summed E-state index contributed by atoms with van der Waals surface area (Å²) in [7, 11) is 0. The maximum absolute atomic E-state index is 6.26. The molecule has 1 aliphatic carbocycles. The van der Waals surface area contributed by atoms with E-state index in [4.69, 9.17) is 4.74 Å². The first-order valence-corrected chi connectivity index (χ1v) is 10.6. The van der Waals surface area contributed by atoms with E-state index in [1.807, 2.05) is 18.2 Å². The predicted octanol–water partition coefficient (Wildman–Crippen LogP) is 3.29. The summed E-state index contributed by atoms with van der Waals surface area (Å²) in [5.41, 5.74) is 2.77. The van der Waals surface area contributed by atoms with Gasteiger partial charge in [0.05, 0.1) is 17.9 Å². The highest BCUT2D eigenvalue weighted by molar-refractivity contribution is 5.65. The molecule has 0 radical (unpaired) electrons. The number of hydrogen-bond acceptors (Lipinski definition) is 6. The Morgan fingerprint density at radius 3 is 2.76 bits per heavy atom. The number of anilines is 1. The number of aromatic nitrogens is 6. The lowest BCUT2D eigenvalue weighted by molar-refractivity contribution is -0.0786. The Balaban J connectivity index is 1.43. The molecule has 1 saturated heterocycles. The Morgan fingerprint density at radius 1 is 1.14 bits per heavy atom. The number of nitrogens with one attached hydrogen (secondary N) is 1. The second-order valence-electron chi connectivity index (χ2n) is 7.98. The van der Waals surface area contributed by atoms with Crippen molar-refractivity contribution in [2.75, 3.05) is 24.6 Å². The minimum Gasteiger partial charge on any atom is -0.371 e. The summed E-state index contributed by atoms with van der Waals surface area (Å²) in [6.45, 7) is 5.43. The first kappa shape index (κ1) is 18.3. The fourth-order valence-corrected chi connectivity index (χ4v) is 4.64. The summed E-state index contributed by atoms with van der Waals surface area (Å²) in [4.78, 5) is 6.43. The fraction of sp³-hybridized carbons (Fsp3) is 0.524. The van der Waals surface area contributed by atoms with Crippen LogP contribution in [0, 0.1) is 0 Å². The van der Waals surface area contributed by atoms with Gasteiger partial charge in [0.1, 0.15) is 5.69 Å². The molecule has 0 unspecified atom stereocenters. The zero-order valence-corrected chi connectivity index (χ0v) is 16.8. The van der Waals surface area contributed by atoms with Crippen LogP contribution in [-0.4, -0.2) is 55.2 Å². The number of rotatable bonds is 4. The summed E-state index contributed by atoms with van der Waals surface area (Å²) < 4.78 is 8.43. The molecule has 0 atom stereocenters. The number of aromatic amines is 1. The molecule has 0 bridgehead atoms. The van der Waals surface area contributed by atoms with Crippen LogP contribution in [0.4, 0.5) is 5.95 Å². The number of hydrogen-bond donors (Lipinski definition) is 1. The first-order chi connectivity index (χ1) is 14.3. The lowest BCUT2D eigenvalue weighted by Gasteiger charge is -2.45. The normalized spacial score (nSPS) is 19.0. The molecule has 1 spiro atoms. The van der Waals surface area contributed by atoms with E-state index in [-0.39, 0.29) is 5.60 Å². The predicted molar refractivity (Wildman–Crippen MR) is 110 cm³/mol. The van der Waals surface area contributed by atoms with Gasteiger partial charge < -0.3 is 9.64 Å². The first-order valence-electron chi connectivity index (χ1n) is 10.6. The average Bonchev–Trinajstić information content (AvgIpc) is 3.42. The molecule has 0 amide bonds. The van der Waals surface area contributed by atoms with Crippen LogP contribution >= 0.6 is 0 Å². The van der Waals surface area contributed by atoms with Crippen molar-refractivity contribution in [1.82, 2.24) is 29.9 Å². The van der Waals surface area contributed by atoms with Crippen molar-refractivity contribution in [1.29, 1.82) is 0 Å². The van der Waals surface area contributed by atoms with Crippen LogP contribution < -0.4 is 4.90 Å². The van der Waals surface area contributed by atoms with Crippen molar-refractivity contribution < 1.29 is 4.74 Å². The van der Waals surface area contributed by atoms with Crippen molar-refractivity contribution >= 4 is 5.95 Å². The van der Waals surface area contributed by atoms with Gasteiger partial charge in [0, 0.05) is 37.6 Å². The second kappa shape index (κ2) is 7.59. The molecule has 2 fully saturated rings. The van der Waals surface area contributed by atoms with Gasteiger partial charge in [-0.2, -0.15) is 5.10 Å². The summed E-state index contributed by atoms with van der Waals surface area (Å²) in [6, 6.07) is 5.93. The van der Waals surface area contributed by atoms with Crippen molar-refractivity contribution in [3.8, 4) is 22.8 Å². The minimum atomic E-state index is -0.0102. The highest BCUT2D eigenvalue weighted by Crippen LogP contribution is 2.36. The molecular formula is C21H27N7O. The highest BCUT2D eigenvalue weighted by atomic mass is 16.5. The summed E-state index contributed by atoms with van der Waals surface area (Å²) >= 11 is 0. The van der Waals surface area contributed by atoms with Crippen LogP contribution in [0.2, 0.25) is 0 Å². The van der Waals surface area contributed by atoms with Crippen LogP contribution in [0.15, 0.2) is 30.6 Å². The summed E-state index contributed by atoms with van der Waals surface area (Å²) in [5.74, 6) is 1.75. The van der Waals surface area contributed by atoms with Crippen LogP contribution in [0.1, 0.15) is 39.0 Å². The van der Waals surface area contributed by atoms with Crippen molar-refractivity contribution in [2.45, 2.75) is 51.2 Å². The van der Waals surface area contributed by atoms with E-state index in [1.54, 1.807) is 12.4 Å². The lowest BCUT2D eigenvalue weighted by atomic mass is 9.83. The molecule has 1 aliphatic heterocycles. The molecule has 1 saturated carbocycles. The van der Waals surface area contributed by atoms with E-state index in [9.17, 15) is 0 Å². The summed E-state index contributed by atoms with van der Waals surface area (Å²) in [6.07, 6.45) is 9.67. The number of nitrogens with zero attached hydrogens (tertiary/aromatic N) is 6. The molecule has 3 aromatic heterocycles. The SMILES string of the molecule is CCn1c(-c2cc(-c3ccncc3)n[nH]2)nnc1N1CCOC2(CCCCC2)C1. The number of morpholine rings is 1. The maximum Gasteiger partial charge on any atom is 0.227 e. The van der Waals surface area contributed by atoms with Crippen molar-refractivity contribution in [3.63, 3.8) is 0 Å². The second-order valence-corrected chi connectivity index (χ2v) is 7.98. The van der Waals surface area contributed by atoms with E-state index in [2.05, 4.69) is 41.8 Å². The van der Waals surface area contributed by atoms with Crippen molar-refractivity contribution in [2.24, 2.45) is 0 Å². The van der Waals surface area contributed by atoms with Gasteiger partial charge in [0.2, 0.25) is 5.95 Å². The molecule has 2 aliphatic rings. The Kier molecular flexibility index (Phi) is 4.79. The van der Waals surface area contributed by atoms with Gasteiger partial charge in [-0.05, 0) is 38.0 Å². The zero-order chi connectivity index (χ0) is 19.7. The van der Waals surface area contributed by atoms with E-state index in [0.717, 1.165) is 67.8 Å². The van der Waals surface area contributed by atoms with Gasteiger partial charge in [0.15, 0.2) is 5.82 Å². The monoisotopic (exact) mass is 393 g/mol. The van der Waals surface area contributed by atoms with E-state index in [0.29, 0.717) is 0 Å².